The Morgan fingerprint density at radius 2 is 1.80 bits per heavy atom. The van der Waals surface area contributed by atoms with E-state index in [1.807, 2.05) is 19.1 Å². The largest absolute Gasteiger partial charge is 0.507 e. The molecule has 182 valence electrons. The van der Waals surface area contributed by atoms with E-state index in [1.54, 1.807) is 24.3 Å². The molecular weight excluding hydrogens is 474 g/mol. The van der Waals surface area contributed by atoms with E-state index >= 15 is 0 Å². The maximum absolute atomic E-state index is 13.2. The Kier molecular flexibility index (Phi) is 7.02. The van der Waals surface area contributed by atoms with Gasteiger partial charge in [0.05, 0.1) is 43.2 Å². The first-order valence-corrected chi connectivity index (χ1v) is 11.2. The Labute approximate surface area is 207 Å². The fourth-order valence-electron chi connectivity index (χ4n) is 4.03. The predicted octanol–water partition coefficient (Wildman–Crippen LogP) is 4.97. The van der Waals surface area contributed by atoms with Crippen molar-refractivity contribution in [2.75, 3.05) is 20.8 Å². The number of methoxy groups -OCH3 is 2. The molecule has 0 bridgehead atoms. The molecule has 1 unspecified atom stereocenters. The topological polar surface area (TPSA) is 98.4 Å². The van der Waals surface area contributed by atoms with Crippen LogP contribution in [-0.2, 0) is 16.1 Å². The van der Waals surface area contributed by atoms with E-state index in [1.165, 1.54) is 37.5 Å². The number of ketones is 1. The molecule has 1 atom stereocenters. The average molecular weight is 498 g/mol. The standard InChI is InChI=1S/C26H24ClNO7/c1-4-34-16-9-7-15(8-10-16)14-28-23(19-6-5-11-35-19)22(25(30)26(28)31)24(29)17-12-18(27)21(33-3)13-20(17)32-2/h5-13,23,29H,4,14H2,1-3H3/b24-22-. The molecule has 0 spiro atoms. The molecule has 8 nitrogen and oxygen atoms in total. The summed E-state index contributed by atoms with van der Waals surface area (Å²) >= 11 is 6.28. The first-order valence-electron chi connectivity index (χ1n) is 10.8. The zero-order valence-electron chi connectivity index (χ0n) is 19.4. The van der Waals surface area contributed by atoms with Gasteiger partial charge in [0.1, 0.15) is 34.8 Å². The molecule has 35 heavy (non-hydrogen) atoms. The maximum Gasteiger partial charge on any atom is 0.296 e. The van der Waals surface area contributed by atoms with E-state index in [-0.39, 0.29) is 28.5 Å². The quantitative estimate of drug-likeness (QED) is 0.266. The van der Waals surface area contributed by atoms with Crippen LogP contribution in [0.2, 0.25) is 5.02 Å². The number of furan rings is 1. The van der Waals surface area contributed by atoms with Crippen molar-refractivity contribution in [3.63, 3.8) is 0 Å². The number of carbonyl (C=O) groups is 2. The van der Waals surface area contributed by atoms with Gasteiger partial charge >= 0.3 is 0 Å². The number of rotatable bonds is 8. The van der Waals surface area contributed by atoms with Crippen LogP contribution in [0, 0.1) is 0 Å². The van der Waals surface area contributed by atoms with Crippen LogP contribution < -0.4 is 14.2 Å². The molecule has 1 saturated heterocycles. The van der Waals surface area contributed by atoms with Crippen LogP contribution in [-0.4, -0.2) is 42.5 Å². The van der Waals surface area contributed by atoms with Crippen LogP contribution in [0.5, 0.6) is 17.2 Å². The summed E-state index contributed by atoms with van der Waals surface area (Å²) in [6.07, 6.45) is 1.44. The number of halogens is 1. The molecular formula is C26H24ClNO7. The highest BCUT2D eigenvalue weighted by Crippen LogP contribution is 2.43. The number of carbonyl (C=O) groups excluding carboxylic acids is 2. The molecule has 9 heteroatoms. The lowest BCUT2D eigenvalue weighted by molar-refractivity contribution is -0.140. The monoisotopic (exact) mass is 497 g/mol. The van der Waals surface area contributed by atoms with Gasteiger partial charge in [-0.3, -0.25) is 9.59 Å². The Balaban J connectivity index is 1.81. The SMILES string of the molecule is CCOc1ccc(CN2C(=O)C(=O)/C(=C(\O)c3cc(Cl)c(OC)cc3OC)C2c2ccco2)cc1. The summed E-state index contributed by atoms with van der Waals surface area (Å²) < 4.78 is 21.6. The lowest BCUT2D eigenvalue weighted by atomic mass is 9.98. The highest BCUT2D eigenvalue weighted by molar-refractivity contribution is 6.46. The number of likely N-dealkylation sites (tertiary alicyclic amines) is 1. The number of nitrogens with zero attached hydrogens (tertiary/aromatic N) is 1. The first-order chi connectivity index (χ1) is 16.9. The molecule has 1 aliphatic rings. The van der Waals surface area contributed by atoms with Crippen molar-refractivity contribution in [3.05, 3.63) is 82.3 Å². The molecule has 2 aromatic carbocycles. The second kappa shape index (κ2) is 10.1. The highest BCUT2D eigenvalue weighted by Gasteiger charge is 2.47. The molecule has 1 aromatic heterocycles. The van der Waals surface area contributed by atoms with Gasteiger partial charge in [-0.25, -0.2) is 0 Å². The summed E-state index contributed by atoms with van der Waals surface area (Å²) in [5.74, 6) is -0.456. The van der Waals surface area contributed by atoms with Crippen LogP contribution in [0.15, 0.2) is 64.8 Å². The lowest BCUT2D eigenvalue weighted by Crippen LogP contribution is -2.29. The van der Waals surface area contributed by atoms with E-state index in [4.69, 9.17) is 30.2 Å². The van der Waals surface area contributed by atoms with Crippen molar-refractivity contribution in [3.8, 4) is 17.2 Å². The van der Waals surface area contributed by atoms with Gasteiger partial charge in [0.15, 0.2) is 0 Å². The van der Waals surface area contributed by atoms with Gasteiger partial charge in [-0.05, 0) is 42.8 Å². The smallest absolute Gasteiger partial charge is 0.296 e. The van der Waals surface area contributed by atoms with Crippen LogP contribution in [0.25, 0.3) is 5.76 Å². The second-order valence-corrected chi connectivity index (χ2v) is 8.11. The number of amides is 1. The first kappa shape index (κ1) is 24.2. The molecule has 0 saturated carbocycles. The van der Waals surface area contributed by atoms with Gasteiger partial charge in [0.2, 0.25) is 0 Å². The number of aliphatic hydroxyl groups is 1. The fourth-order valence-corrected chi connectivity index (χ4v) is 4.27. The van der Waals surface area contributed by atoms with Gasteiger partial charge in [-0.2, -0.15) is 0 Å². The molecule has 3 aromatic rings. The van der Waals surface area contributed by atoms with Crippen LogP contribution >= 0.6 is 11.6 Å². The van der Waals surface area contributed by atoms with E-state index in [2.05, 4.69) is 0 Å². The van der Waals surface area contributed by atoms with Gasteiger partial charge in [0.25, 0.3) is 11.7 Å². The number of hydrogen-bond acceptors (Lipinski definition) is 7. The Hall–Kier alpha value is -3.91. The number of Topliss-reactive ketones (excluding diaryl/α,β-unsaturated/α-hetero) is 1. The summed E-state index contributed by atoms with van der Waals surface area (Å²) in [7, 11) is 2.86. The Morgan fingerprint density at radius 3 is 2.40 bits per heavy atom. The highest BCUT2D eigenvalue weighted by atomic mass is 35.5. The molecule has 1 N–H and O–H groups in total. The second-order valence-electron chi connectivity index (χ2n) is 7.71. The molecule has 1 amide bonds. The summed E-state index contributed by atoms with van der Waals surface area (Å²) in [6, 6.07) is 12.5. The Morgan fingerprint density at radius 1 is 1.09 bits per heavy atom. The van der Waals surface area contributed by atoms with Gasteiger partial charge in [-0.15, -0.1) is 0 Å². The molecule has 4 rings (SSSR count). The van der Waals surface area contributed by atoms with Crippen LogP contribution in [0.3, 0.4) is 0 Å². The van der Waals surface area contributed by atoms with Gasteiger partial charge < -0.3 is 28.6 Å². The lowest BCUT2D eigenvalue weighted by Gasteiger charge is -2.23. The summed E-state index contributed by atoms with van der Waals surface area (Å²) in [4.78, 5) is 27.7. The van der Waals surface area contributed by atoms with Crippen molar-refractivity contribution < 1.29 is 33.3 Å². The number of ether oxygens (including phenoxy) is 3. The van der Waals surface area contributed by atoms with Crippen molar-refractivity contribution in [2.45, 2.75) is 19.5 Å². The van der Waals surface area contributed by atoms with Crippen molar-refractivity contribution in [1.82, 2.24) is 4.90 Å². The molecule has 1 aliphatic heterocycles. The third kappa shape index (κ3) is 4.57. The fraction of sp³-hybridized carbons (Fsp3) is 0.231. The minimum atomic E-state index is -0.956. The molecule has 0 radical (unpaired) electrons. The van der Waals surface area contributed by atoms with Gasteiger partial charge in [0, 0.05) is 12.6 Å². The minimum absolute atomic E-state index is 0.111. The summed E-state index contributed by atoms with van der Waals surface area (Å²) in [5.41, 5.74) is 0.793. The van der Waals surface area contributed by atoms with Crippen LogP contribution in [0.1, 0.15) is 29.9 Å². The van der Waals surface area contributed by atoms with E-state index in [0.717, 1.165) is 5.56 Å². The summed E-state index contributed by atoms with van der Waals surface area (Å²) in [6.45, 7) is 2.53. The van der Waals surface area contributed by atoms with E-state index in [0.29, 0.717) is 23.9 Å². The van der Waals surface area contributed by atoms with Gasteiger partial charge in [-0.1, -0.05) is 23.7 Å². The molecule has 0 aliphatic carbocycles. The Bertz CT molecular complexity index is 1270. The zero-order valence-corrected chi connectivity index (χ0v) is 20.2. The molecule has 1 fully saturated rings. The third-order valence-electron chi connectivity index (χ3n) is 5.67. The van der Waals surface area contributed by atoms with E-state index < -0.39 is 23.5 Å². The maximum atomic E-state index is 13.2. The van der Waals surface area contributed by atoms with Crippen molar-refractivity contribution in [2.24, 2.45) is 0 Å². The minimum Gasteiger partial charge on any atom is -0.507 e. The number of benzene rings is 2. The number of hydrogen-bond donors (Lipinski definition) is 1. The predicted molar refractivity (Wildman–Crippen MR) is 129 cm³/mol. The van der Waals surface area contributed by atoms with Crippen LogP contribution in [0.4, 0.5) is 0 Å². The van der Waals surface area contributed by atoms with Crippen molar-refractivity contribution >= 4 is 29.1 Å². The van der Waals surface area contributed by atoms with E-state index in [9.17, 15) is 14.7 Å². The van der Waals surface area contributed by atoms with Crippen molar-refractivity contribution in [1.29, 1.82) is 0 Å². The number of aliphatic hydroxyl groups excluding tert-OH is 1. The molecule has 2 heterocycles. The average Bonchev–Trinajstić information content (AvgIpc) is 3.47. The normalized spacial score (nSPS) is 17.0. The summed E-state index contributed by atoms with van der Waals surface area (Å²) in [5, 5.41) is 11.5. The zero-order chi connectivity index (χ0) is 25.1. The third-order valence-corrected chi connectivity index (χ3v) is 5.96.